The Balaban J connectivity index is 2.23. The van der Waals surface area contributed by atoms with E-state index in [1.54, 1.807) is 0 Å². The lowest BCUT2D eigenvalue weighted by Gasteiger charge is -2.07. The lowest BCUT2D eigenvalue weighted by molar-refractivity contribution is 0.138. The van der Waals surface area contributed by atoms with Gasteiger partial charge in [0, 0.05) is 0 Å². The monoisotopic (exact) mass is 221 g/mol. The maximum absolute atomic E-state index is 11.2. The lowest BCUT2D eigenvalue weighted by atomic mass is 10.2. The normalized spacial score (nSPS) is 9.31. The summed E-state index contributed by atoms with van der Waals surface area (Å²) in [5.41, 5.74) is 0.947. The van der Waals surface area contributed by atoms with Crippen molar-refractivity contribution in [2.45, 2.75) is 6.61 Å². The summed E-state index contributed by atoms with van der Waals surface area (Å²) in [7, 11) is 1.50. The molecule has 1 amide bonds. The van der Waals surface area contributed by atoms with Crippen molar-refractivity contribution in [3.63, 3.8) is 0 Å². The molecule has 0 aliphatic carbocycles. The quantitative estimate of drug-likeness (QED) is 0.774. The number of hydrogen-bond donors (Lipinski definition) is 1. The predicted molar refractivity (Wildman–Crippen MR) is 60.8 cm³/mol. The summed E-state index contributed by atoms with van der Waals surface area (Å²) in [6.07, 6.45) is -0.484. The smallest absolute Gasteiger partial charge is 0.407 e. The maximum Gasteiger partial charge on any atom is 0.407 e. The topological polar surface area (TPSA) is 47.6 Å². The van der Waals surface area contributed by atoms with Gasteiger partial charge in [0.2, 0.25) is 0 Å². The summed E-state index contributed by atoms with van der Waals surface area (Å²) >= 11 is 0. The van der Waals surface area contributed by atoms with Crippen molar-refractivity contribution in [2.75, 3.05) is 13.7 Å². The van der Waals surface area contributed by atoms with Gasteiger partial charge in [-0.1, -0.05) is 36.9 Å². The average molecular weight is 221 g/mol. The van der Waals surface area contributed by atoms with Crippen LogP contribution in [0.5, 0.6) is 0 Å². The van der Waals surface area contributed by atoms with Crippen LogP contribution >= 0.6 is 0 Å². The fourth-order valence-corrected chi connectivity index (χ4v) is 1.02. The number of carbonyl (C=O) groups is 1. The second-order valence-corrected chi connectivity index (χ2v) is 3.16. The molecule has 0 aliphatic rings. The summed E-state index contributed by atoms with van der Waals surface area (Å²) in [5.74, 6) is 0.483. The molecule has 0 fully saturated rings. The molecule has 0 heterocycles. The molecule has 1 rings (SSSR count). The first-order valence-corrected chi connectivity index (χ1v) is 4.88. The minimum atomic E-state index is -0.484. The zero-order chi connectivity index (χ0) is 11.8. The fraction of sp³-hybridized carbons (Fsp3) is 0.250. The number of amides is 1. The van der Waals surface area contributed by atoms with Crippen LogP contribution in [0.1, 0.15) is 5.56 Å². The number of rotatable bonds is 5. The number of benzene rings is 1. The van der Waals surface area contributed by atoms with Gasteiger partial charge in [0.25, 0.3) is 0 Å². The van der Waals surface area contributed by atoms with Gasteiger partial charge in [0.1, 0.15) is 12.4 Å². The Bertz CT molecular complexity index is 349. The zero-order valence-electron chi connectivity index (χ0n) is 9.23. The highest BCUT2D eigenvalue weighted by atomic mass is 16.5. The highest BCUT2D eigenvalue weighted by molar-refractivity contribution is 5.67. The van der Waals surface area contributed by atoms with Crippen LogP contribution in [0.25, 0.3) is 0 Å². The fourth-order valence-electron chi connectivity index (χ4n) is 1.02. The summed E-state index contributed by atoms with van der Waals surface area (Å²) in [6.45, 7) is 4.08. The number of carbonyl (C=O) groups excluding carboxylic acids is 1. The highest BCUT2D eigenvalue weighted by Crippen LogP contribution is 2.00. The van der Waals surface area contributed by atoms with Crippen molar-refractivity contribution >= 4 is 6.09 Å². The van der Waals surface area contributed by atoms with E-state index < -0.39 is 6.09 Å². The van der Waals surface area contributed by atoms with E-state index in [4.69, 9.17) is 9.47 Å². The van der Waals surface area contributed by atoms with Gasteiger partial charge in [0.15, 0.2) is 0 Å². The number of alkyl carbamates (subject to hydrolysis) is 1. The highest BCUT2D eigenvalue weighted by Gasteiger charge is 2.02. The van der Waals surface area contributed by atoms with Crippen molar-refractivity contribution in [1.29, 1.82) is 0 Å². The Morgan fingerprint density at radius 2 is 2.06 bits per heavy atom. The van der Waals surface area contributed by atoms with Crippen LogP contribution in [0.4, 0.5) is 4.79 Å². The minimum absolute atomic E-state index is 0.254. The molecule has 0 atom stereocenters. The van der Waals surface area contributed by atoms with Crippen LogP contribution in [-0.4, -0.2) is 19.7 Å². The van der Waals surface area contributed by atoms with E-state index in [0.717, 1.165) is 5.56 Å². The van der Waals surface area contributed by atoms with Gasteiger partial charge >= 0.3 is 6.09 Å². The van der Waals surface area contributed by atoms with Gasteiger partial charge in [-0.05, 0) is 5.56 Å². The molecule has 0 unspecified atom stereocenters. The van der Waals surface area contributed by atoms with E-state index in [-0.39, 0.29) is 13.2 Å². The van der Waals surface area contributed by atoms with Crippen LogP contribution in [0.15, 0.2) is 42.7 Å². The third-order valence-corrected chi connectivity index (χ3v) is 1.93. The van der Waals surface area contributed by atoms with Crippen LogP contribution < -0.4 is 5.32 Å². The lowest BCUT2D eigenvalue weighted by Crippen LogP contribution is -2.26. The number of nitrogens with one attached hydrogen (secondary N) is 1. The third-order valence-electron chi connectivity index (χ3n) is 1.93. The molecule has 1 aromatic carbocycles. The second kappa shape index (κ2) is 6.50. The van der Waals surface area contributed by atoms with E-state index in [2.05, 4.69) is 11.9 Å². The second-order valence-electron chi connectivity index (χ2n) is 3.16. The molecular formula is C12H15NO3. The summed E-state index contributed by atoms with van der Waals surface area (Å²) in [4.78, 5) is 11.2. The summed E-state index contributed by atoms with van der Waals surface area (Å²) < 4.78 is 9.77. The number of methoxy groups -OCH3 is 1. The molecule has 16 heavy (non-hydrogen) atoms. The molecule has 0 bridgehead atoms. The Morgan fingerprint density at radius 1 is 1.38 bits per heavy atom. The van der Waals surface area contributed by atoms with Gasteiger partial charge in [-0.2, -0.15) is 0 Å². The van der Waals surface area contributed by atoms with E-state index in [0.29, 0.717) is 5.76 Å². The van der Waals surface area contributed by atoms with Gasteiger partial charge in [-0.15, -0.1) is 0 Å². The van der Waals surface area contributed by atoms with Crippen molar-refractivity contribution in [2.24, 2.45) is 0 Å². The van der Waals surface area contributed by atoms with E-state index in [9.17, 15) is 4.79 Å². The molecule has 0 aromatic heterocycles. The van der Waals surface area contributed by atoms with E-state index in [1.165, 1.54) is 7.11 Å². The molecule has 86 valence electrons. The molecule has 0 aliphatic heterocycles. The molecule has 4 heteroatoms. The largest absolute Gasteiger partial charge is 0.500 e. The maximum atomic E-state index is 11.2. The first-order valence-electron chi connectivity index (χ1n) is 4.88. The molecule has 0 saturated carbocycles. The Hall–Kier alpha value is -1.97. The minimum Gasteiger partial charge on any atom is -0.500 e. The SMILES string of the molecule is C=C(CNC(=O)OCc1ccccc1)OC. The first-order chi connectivity index (χ1) is 7.72. The Kier molecular flexibility index (Phi) is 4.92. The van der Waals surface area contributed by atoms with E-state index in [1.807, 2.05) is 30.3 Å². The summed E-state index contributed by atoms with van der Waals surface area (Å²) in [5, 5.41) is 2.52. The van der Waals surface area contributed by atoms with E-state index >= 15 is 0 Å². The number of ether oxygens (including phenoxy) is 2. The third kappa shape index (κ3) is 4.50. The summed E-state index contributed by atoms with van der Waals surface area (Å²) in [6, 6.07) is 9.47. The standard InChI is InChI=1S/C12H15NO3/c1-10(15-2)8-13-12(14)16-9-11-6-4-3-5-7-11/h3-7H,1,8-9H2,2H3,(H,13,14). The Labute approximate surface area is 94.9 Å². The van der Waals surface area contributed by atoms with Gasteiger partial charge in [-0.3, -0.25) is 0 Å². The van der Waals surface area contributed by atoms with Gasteiger partial charge in [-0.25, -0.2) is 4.79 Å². The average Bonchev–Trinajstić information content (AvgIpc) is 2.34. The van der Waals surface area contributed by atoms with Crippen LogP contribution in [-0.2, 0) is 16.1 Å². The molecule has 0 saturated heterocycles. The predicted octanol–water partition coefficient (Wildman–Crippen LogP) is 2.07. The number of hydrogen-bond acceptors (Lipinski definition) is 3. The van der Waals surface area contributed by atoms with Crippen LogP contribution in [0, 0.1) is 0 Å². The Morgan fingerprint density at radius 3 is 2.69 bits per heavy atom. The molecule has 0 radical (unpaired) electrons. The van der Waals surface area contributed by atoms with Crippen molar-refractivity contribution in [3.8, 4) is 0 Å². The van der Waals surface area contributed by atoms with Crippen LogP contribution in [0.2, 0.25) is 0 Å². The molecule has 1 aromatic rings. The molecule has 1 N–H and O–H groups in total. The van der Waals surface area contributed by atoms with Crippen LogP contribution in [0.3, 0.4) is 0 Å². The molecular weight excluding hydrogens is 206 g/mol. The van der Waals surface area contributed by atoms with Crippen molar-refractivity contribution in [3.05, 3.63) is 48.2 Å². The zero-order valence-corrected chi connectivity index (χ0v) is 9.23. The first kappa shape index (κ1) is 12.1. The molecule has 0 spiro atoms. The van der Waals surface area contributed by atoms with Gasteiger partial charge in [0.05, 0.1) is 13.7 Å². The van der Waals surface area contributed by atoms with Crippen molar-refractivity contribution < 1.29 is 14.3 Å². The van der Waals surface area contributed by atoms with Crippen molar-refractivity contribution in [1.82, 2.24) is 5.32 Å². The van der Waals surface area contributed by atoms with Gasteiger partial charge < -0.3 is 14.8 Å². The molecule has 4 nitrogen and oxygen atoms in total.